The third-order valence-corrected chi connectivity index (χ3v) is 5.32. The lowest BCUT2D eigenvalue weighted by Crippen LogP contribution is -2.27. The highest BCUT2D eigenvalue weighted by Crippen LogP contribution is 2.48. The Labute approximate surface area is 169 Å². The van der Waals surface area contributed by atoms with E-state index in [1.165, 1.54) is 0 Å². The van der Waals surface area contributed by atoms with Crippen LogP contribution in [0.2, 0.25) is 0 Å². The zero-order chi connectivity index (χ0) is 20.4. The van der Waals surface area contributed by atoms with Crippen LogP contribution in [0.1, 0.15) is 30.0 Å². The monoisotopic (exact) mass is 386 g/mol. The average molecular weight is 386 g/mol. The molecule has 0 saturated heterocycles. The van der Waals surface area contributed by atoms with Crippen molar-refractivity contribution in [2.75, 3.05) is 0 Å². The summed E-state index contributed by atoms with van der Waals surface area (Å²) in [5.74, 6) is 0.600. The van der Waals surface area contributed by atoms with Gasteiger partial charge in [-0.1, -0.05) is 31.2 Å². The Bertz CT molecular complexity index is 1090. The lowest BCUT2D eigenvalue weighted by Gasteiger charge is -2.29. The molecule has 4 rings (SSSR count). The first-order valence-electron chi connectivity index (χ1n) is 9.55. The van der Waals surface area contributed by atoms with Crippen molar-refractivity contribution in [3.8, 4) is 17.2 Å². The maximum Gasteiger partial charge on any atom is 0.134 e. The zero-order valence-electron chi connectivity index (χ0n) is 16.1. The van der Waals surface area contributed by atoms with Gasteiger partial charge in [-0.2, -0.15) is 10.2 Å². The number of nitrogens with zero attached hydrogens (tertiary/aromatic N) is 2. The minimum atomic E-state index is -0.733. The fourth-order valence-corrected chi connectivity index (χ4v) is 3.94. The third-order valence-electron chi connectivity index (χ3n) is 5.32. The van der Waals surface area contributed by atoms with Gasteiger partial charge in [0, 0.05) is 12.0 Å². The van der Waals surface area contributed by atoms with Crippen LogP contribution >= 0.6 is 0 Å². The fourth-order valence-electron chi connectivity index (χ4n) is 3.94. The van der Waals surface area contributed by atoms with E-state index in [-0.39, 0.29) is 17.2 Å². The second-order valence-corrected chi connectivity index (χ2v) is 7.18. The maximum atomic E-state index is 9.93. The number of phenolic OH excluding ortho intramolecular Hbond substituents is 3. The minimum absolute atomic E-state index is 0.192. The van der Waals surface area contributed by atoms with E-state index in [4.69, 9.17) is 5.11 Å². The average Bonchev–Trinajstić information content (AvgIpc) is 3.08. The van der Waals surface area contributed by atoms with E-state index in [2.05, 4.69) is 12.0 Å². The molecule has 1 atom stereocenters. The Kier molecular flexibility index (Phi) is 4.80. The van der Waals surface area contributed by atoms with Crippen LogP contribution in [0.5, 0.6) is 17.2 Å². The van der Waals surface area contributed by atoms with E-state index in [1.54, 1.807) is 36.4 Å². The lowest BCUT2D eigenvalue weighted by atomic mass is 9.76. The van der Waals surface area contributed by atoms with Crippen LogP contribution in [0.25, 0.3) is 5.70 Å². The van der Waals surface area contributed by atoms with Gasteiger partial charge in [0.25, 0.3) is 0 Å². The summed E-state index contributed by atoms with van der Waals surface area (Å²) in [7, 11) is 0. The highest BCUT2D eigenvalue weighted by Gasteiger charge is 2.42. The van der Waals surface area contributed by atoms with Gasteiger partial charge in [-0.15, -0.1) is 0 Å². The SMILES string of the molecule is CCC1=C(c2ccc(O)cc2)N=NC1(Cc1cccc(O)c1)c1ccc(O)cc1. The predicted molar refractivity (Wildman–Crippen MR) is 112 cm³/mol. The van der Waals surface area contributed by atoms with Crippen molar-refractivity contribution in [1.82, 2.24) is 0 Å². The number of aromatic hydroxyl groups is 3. The van der Waals surface area contributed by atoms with Crippen LogP contribution < -0.4 is 0 Å². The van der Waals surface area contributed by atoms with E-state index >= 15 is 0 Å². The van der Waals surface area contributed by atoms with Gasteiger partial charge in [0.2, 0.25) is 0 Å². The van der Waals surface area contributed by atoms with Crippen molar-refractivity contribution in [2.45, 2.75) is 25.3 Å². The topological polar surface area (TPSA) is 85.4 Å². The molecule has 0 bridgehead atoms. The first-order valence-corrected chi connectivity index (χ1v) is 9.55. The van der Waals surface area contributed by atoms with Gasteiger partial charge in [0.05, 0.1) is 5.70 Å². The summed E-state index contributed by atoms with van der Waals surface area (Å²) in [4.78, 5) is 0. The van der Waals surface area contributed by atoms with Gasteiger partial charge in [-0.25, -0.2) is 0 Å². The number of benzene rings is 3. The molecule has 146 valence electrons. The third kappa shape index (κ3) is 3.47. The number of rotatable bonds is 5. The molecule has 29 heavy (non-hydrogen) atoms. The van der Waals surface area contributed by atoms with E-state index in [1.807, 2.05) is 36.4 Å². The van der Waals surface area contributed by atoms with Gasteiger partial charge < -0.3 is 15.3 Å². The Morgan fingerprint density at radius 1 is 0.793 bits per heavy atom. The van der Waals surface area contributed by atoms with Gasteiger partial charge in [-0.3, -0.25) is 0 Å². The summed E-state index contributed by atoms with van der Waals surface area (Å²) in [6, 6.07) is 21.2. The van der Waals surface area contributed by atoms with Crippen LogP contribution in [-0.2, 0) is 12.0 Å². The van der Waals surface area contributed by atoms with Crippen LogP contribution in [0, 0.1) is 0 Å². The summed E-state index contributed by atoms with van der Waals surface area (Å²) in [6.07, 6.45) is 1.25. The molecule has 3 aromatic rings. The molecule has 5 nitrogen and oxygen atoms in total. The Morgan fingerprint density at radius 2 is 1.45 bits per heavy atom. The zero-order valence-corrected chi connectivity index (χ0v) is 16.1. The van der Waals surface area contributed by atoms with Crippen molar-refractivity contribution >= 4 is 5.70 Å². The molecule has 0 saturated carbocycles. The molecule has 1 heterocycles. The molecule has 0 spiro atoms. The van der Waals surface area contributed by atoms with Crippen LogP contribution in [0.4, 0.5) is 0 Å². The first kappa shape index (κ1) is 18.7. The van der Waals surface area contributed by atoms with Crippen LogP contribution in [0.15, 0.2) is 88.6 Å². The molecule has 1 aliphatic rings. The molecular weight excluding hydrogens is 364 g/mol. The van der Waals surface area contributed by atoms with Crippen molar-refractivity contribution in [1.29, 1.82) is 0 Å². The van der Waals surface area contributed by atoms with Gasteiger partial charge in [0.1, 0.15) is 22.8 Å². The fraction of sp³-hybridized carbons (Fsp3) is 0.167. The molecule has 0 fully saturated rings. The van der Waals surface area contributed by atoms with Gasteiger partial charge in [-0.05, 0) is 71.7 Å². The summed E-state index contributed by atoms with van der Waals surface area (Å²) in [6.45, 7) is 2.07. The van der Waals surface area contributed by atoms with Crippen LogP contribution in [-0.4, -0.2) is 15.3 Å². The summed E-state index contributed by atoms with van der Waals surface area (Å²) < 4.78 is 0. The summed E-state index contributed by atoms with van der Waals surface area (Å²) in [5, 5.41) is 38.6. The van der Waals surface area contributed by atoms with Gasteiger partial charge >= 0.3 is 0 Å². The van der Waals surface area contributed by atoms with Crippen LogP contribution in [0.3, 0.4) is 0 Å². The van der Waals surface area contributed by atoms with Gasteiger partial charge in [0.15, 0.2) is 0 Å². The Morgan fingerprint density at radius 3 is 2.07 bits per heavy atom. The maximum absolute atomic E-state index is 9.93. The second-order valence-electron chi connectivity index (χ2n) is 7.18. The molecule has 3 N–H and O–H groups in total. The Balaban J connectivity index is 1.89. The lowest BCUT2D eigenvalue weighted by molar-refractivity contribution is 0.468. The molecule has 0 aromatic heterocycles. The molecule has 1 aliphatic heterocycles. The largest absolute Gasteiger partial charge is 0.508 e. The summed E-state index contributed by atoms with van der Waals surface area (Å²) in [5.41, 5.74) is 3.87. The van der Waals surface area contributed by atoms with E-state index in [0.717, 1.165) is 34.4 Å². The number of azo groups is 1. The smallest absolute Gasteiger partial charge is 0.134 e. The Hall–Kier alpha value is -3.60. The molecular formula is C24H22N2O3. The predicted octanol–water partition coefficient (Wildman–Crippen LogP) is 5.53. The van der Waals surface area contributed by atoms with Crippen molar-refractivity contribution in [2.24, 2.45) is 10.2 Å². The summed E-state index contributed by atoms with van der Waals surface area (Å²) >= 11 is 0. The first-order chi connectivity index (χ1) is 14.0. The standard InChI is InChI=1S/C24H22N2O3/c1-2-22-23(17-6-10-19(27)11-7-17)25-26-24(22,18-8-12-20(28)13-9-18)15-16-4-3-5-21(29)14-16/h3-14,27-29H,2,15H2,1H3. The minimum Gasteiger partial charge on any atom is -0.508 e. The molecule has 1 unspecified atom stereocenters. The van der Waals surface area contributed by atoms with Crippen molar-refractivity contribution in [3.63, 3.8) is 0 Å². The van der Waals surface area contributed by atoms with E-state index in [0.29, 0.717) is 6.42 Å². The molecule has 5 heteroatoms. The van der Waals surface area contributed by atoms with E-state index in [9.17, 15) is 15.3 Å². The number of phenols is 3. The highest BCUT2D eigenvalue weighted by atomic mass is 16.3. The second kappa shape index (κ2) is 7.43. The van der Waals surface area contributed by atoms with Crippen molar-refractivity contribution < 1.29 is 15.3 Å². The van der Waals surface area contributed by atoms with Crippen molar-refractivity contribution in [3.05, 3.63) is 95.1 Å². The molecule has 3 aromatic carbocycles. The highest BCUT2D eigenvalue weighted by molar-refractivity contribution is 5.72. The molecule has 0 amide bonds. The number of hydrogen-bond acceptors (Lipinski definition) is 5. The molecule has 0 aliphatic carbocycles. The van der Waals surface area contributed by atoms with E-state index < -0.39 is 5.54 Å². The number of hydrogen-bond donors (Lipinski definition) is 3. The quantitative estimate of drug-likeness (QED) is 0.539. The normalized spacial score (nSPS) is 18.4. The molecule has 0 radical (unpaired) electrons.